The van der Waals surface area contributed by atoms with E-state index in [2.05, 4.69) is 22.3 Å². The highest BCUT2D eigenvalue weighted by molar-refractivity contribution is 4.96. The SMILES string of the molecule is CCCn1ncnc1CC1(CNCCOC)CCOCC1. The standard InChI is InChI=1S/C15H28N4O2/c1-3-7-19-14(17-13-18-19)11-15(4-8-21-9-5-15)12-16-6-10-20-2/h13,16H,3-12H2,1-2H3. The van der Waals surface area contributed by atoms with Gasteiger partial charge in [-0.05, 0) is 24.7 Å². The van der Waals surface area contributed by atoms with Crippen LogP contribution in [0.15, 0.2) is 6.33 Å². The van der Waals surface area contributed by atoms with E-state index in [0.717, 1.165) is 71.0 Å². The zero-order chi connectivity index (χ0) is 15.0. The molecule has 0 aliphatic carbocycles. The highest BCUT2D eigenvalue weighted by atomic mass is 16.5. The van der Waals surface area contributed by atoms with Gasteiger partial charge in [0, 0.05) is 46.4 Å². The Morgan fingerprint density at radius 1 is 1.43 bits per heavy atom. The van der Waals surface area contributed by atoms with Crippen molar-refractivity contribution in [1.82, 2.24) is 20.1 Å². The summed E-state index contributed by atoms with van der Waals surface area (Å²) in [6.45, 7) is 7.42. The van der Waals surface area contributed by atoms with Gasteiger partial charge in [-0.2, -0.15) is 5.10 Å². The first kappa shape index (κ1) is 16.4. The molecule has 0 amide bonds. The lowest BCUT2D eigenvalue weighted by molar-refractivity contribution is 0.0129. The van der Waals surface area contributed by atoms with Gasteiger partial charge in [0.1, 0.15) is 12.2 Å². The topological polar surface area (TPSA) is 61.2 Å². The van der Waals surface area contributed by atoms with Crippen LogP contribution in [0.25, 0.3) is 0 Å². The van der Waals surface area contributed by atoms with E-state index in [1.807, 2.05) is 4.68 Å². The maximum Gasteiger partial charge on any atom is 0.138 e. The van der Waals surface area contributed by atoms with Gasteiger partial charge in [0.2, 0.25) is 0 Å². The van der Waals surface area contributed by atoms with Gasteiger partial charge < -0.3 is 14.8 Å². The number of aromatic nitrogens is 3. The molecule has 120 valence electrons. The van der Waals surface area contributed by atoms with Crippen molar-refractivity contribution in [2.24, 2.45) is 5.41 Å². The Balaban J connectivity index is 1.99. The predicted molar refractivity (Wildman–Crippen MR) is 81.2 cm³/mol. The highest BCUT2D eigenvalue weighted by Crippen LogP contribution is 2.33. The summed E-state index contributed by atoms with van der Waals surface area (Å²) in [6.07, 6.45) is 5.88. The molecule has 1 fully saturated rings. The molecule has 1 aromatic heterocycles. The van der Waals surface area contributed by atoms with Crippen LogP contribution in [0.5, 0.6) is 0 Å². The molecule has 0 spiro atoms. The summed E-state index contributed by atoms with van der Waals surface area (Å²) in [7, 11) is 1.74. The maximum atomic E-state index is 5.55. The Hall–Kier alpha value is -0.980. The molecule has 0 aromatic carbocycles. The van der Waals surface area contributed by atoms with E-state index in [1.54, 1.807) is 13.4 Å². The number of methoxy groups -OCH3 is 1. The second-order valence-electron chi connectivity index (χ2n) is 5.86. The summed E-state index contributed by atoms with van der Waals surface area (Å²) in [6, 6.07) is 0. The van der Waals surface area contributed by atoms with E-state index in [-0.39, 0.29) is 5.41 Å². The Bertz CT molecular complexity index is 402. The predicted octanol–water partition coefficient (Wildman–Crippen LogP) is 1.26. The van der Waals surface area contributed by atoms with Crippen LogP contribution in [0, 0.1) is 5.41 Å². The number of nitrogens with one attached hydrogen (secondary N) is 1. The second kappa shape index (κ2) is 8.46. The fraction of sp³-hybridized carbons (Fsp3) is 0.867. The monoisotopic (exact) mass is 296 g/mol. The maximum absolute atomic E-state index is 5.55. The summed E-state index contributed by atoms with van der Waals surface area (Å²) in [5.41, 5.74) is 0.227. The fourth-order valence-corrected chi connectivity index (χ4v) is 2.91. The third kappa shape index (κ3) is 4.76. The average Bonchev–Trinajstić information content (AvgIpc) is 2.92. The molecule has 2 heterocycles. The van der Waals surface area contributed by atoms with Crippen LogP contribution in [-0.4, -0.2) is 54.8 Å². The van der Waals surface area contributed by atoms with Gasteiger partial charge in [0.25, 0.3) is 0 Å². The van der Waals surface area contributed by atoms with Gasteiger partial charge in [-0.15, -0.1) is 0 Å². The Labute approximate surface area is 127 Å². The largest absolute Gasteiger partial charge is 0.383 e. The Morgan fingerprint density at radius 3 is 2.95 bits per heavy atom. The molecule has 0 bridgehead atoms. The van der Waals surface area contributed by atoms with Gasteiger partial charge in [0.15, 0.2) is 0 Å². The molecule has 6 nitrogen and oxygen atoms in total. The number of aryl methyl sites for hydroxylation is 1. The van der Waals surface area contributed by atoms with Gasteiger partial charge in [0.05, 0.1) is 6.61 Å². The molecule has 21 heavy (non-hydrogen) atoms. The van der Waals surface area contributed by atoms with Crippen LogP contribution in [0.1, 0.15) is 32.0 Å². The van der Waals surface area contributed by atoms with Crippen LogP contribution in [0.2, 0.25) is 0 Å². The van der Waals surface area contributed by atoms with Crippen LogP contribution in [0.3, 0.4) is 0 Å². The molecule has 1 aliphatic heterocycles. The highest BCUT2D eigenvalue weighted by Gasteiger charge is 2.34. The van der Waals surface area contributed by atoms with E-state index in [4.69, 9.17) is 9.47 Å². The Kier molecular flexibility index (Phi) is 6.60. The lowest BCUT2D eigenvalue weighted by atomic mass is 9.77. The van der Waals surface area contributed by atoms with Gasteiger partial charge in [-0.3, -0.25) is 4.68 Å². The van der Waals surface area contributed by atoms with Gasteiger partial charge in [-0.1, -0.05) is 6.92 Å². The van der Waals surface area contributed by atoms with E-state index >= 15 is 0 Å². The van der Waals surface area contributed by atoms with E-state index in [9.17, 15) is 0 Å². The number of nitrogens with zero attached hydrogens (tertiary/aromatic N) is 3. The van der Waals surface area contributed by atoms with Crippen molar-refractivity contribution in [3.8, 4) is 0 Å². The van der Waals surface area contributed by atoms with Crippen LogP contribution in [-0.2, 0) is 22.4 Å². The molecular formula is C15H28N4O2. The zero-order valence-electron chi connectivity index (χ0n) is 13.3. The lowest BCUT2D eigenvalue weighted by Gasteiger charge is -2.37. The Morgan fingerprint density at radius 2 is 2.24 bits per heavy atom. The molecule has 0 unspecified atom stereocenters. The number of hydrogen-bond donors (Lipinski definition) is 1. The van der Waals surface area contributed by atoms with Crippen LogP contribution >= 0.6 is 0 Å². The third-order valence-electron chi connectivity index (χ3n) is 4.20. The minimum atomic E-state index is 0.227. The van der Waals surface area contributed by atoms with Crippen molar-refractivity contribution in [2.75, 3.05) is 40.0 Å². The van der Waals surface area contributed by atoms with Crippen molar-refractivity contribution in [3.63, 3.8) is 0 Å². The third-order valence-corrected chi connectivity index (χ3v) is 4.20. The first-order valence-electron chi connectivity index (χ1n) is 7.94. The van der Waals surface area contributed by atoms with E-state index in [1.165, 1.54) is 0 Å². The van der Waals surface area contributed by atoms with Crippen molar-refractivity contribution < 1.29 is 9.47 Å². The zero-order valence-corrected chi connectivity index (χ0v) is 13.3. The number of ether oxygens (including phenoxy) is 2. The molecule has 1 N–H and O–H groups in total. The minimum absolute atomic E-state index is 0.227. The smallest absolute Gasteiger partial charge is 0.138 e. The summed E-state index contributed by atoms with van der Waals surface area (Å²) in [5, 5.41) is 7.87. The van der Waals surface area contributed by atoms with E-state index in [0.29, 0.717) is 0 Å². The lowest BCUT2D eigenvalue weighted by Crippen LogP contribution is -2.42. The van der Waals surface area contributed by atoms with Gasteiger partial charge >= 0.3 is 0 Å². The molecule has 0 saturated carbocycles. The summed E-state index contributed by atoms with van der Waals surface area (Å²) in [4.78, 5) is 4.48. The molecule has 1 aromatic rings. The molecule has 1 saturated heterocycles. The average molecular weight is 296 g/mol. The van der Waals surface area contributed by atoms with Crippen LogP contribution in [0.4, 0.5) is 0 Å². The van der Waals surface area contributed by atoms with Crippen molar-refractivity contribution in [1.29, 1.82) is 0 Å². The fourth-order valence-electron chi connectivity index (χ4n) is 2.91. The van der Waals surface area contributed by atoms with Crippen molar-refractivity contribution in [2.45, 2.75) is 39.2 Å². The second-order valence-corrected chi connectivity index (χ2v) is 5.86. The molecule has 6 heteroatoms. The molecule has 1 aliphatic rings. The first-order valence-corrected chi connectivity index (χ1v) is 7.94. The first-order chi connectivity index (χ1) is 10.3. The normalized spacial score (nSPS) is 18.0. The summed E-state index contributed by atoms with van der Waals surface area (Å²) < 4.78 is 12.7. The van der Waals surface area contributed by atoms with Crippen molar-refractivity contribution >= 4 is 0 Å². The van der Waals surface area contributed by atoms with Crippen LogP contribution < -0.4 is 5.32 Å². The number of hydrogen-bond acceptors (Lipinski definition) is 5. The molecule has 0 radical (unpaired) electrons. The number of rotatable bonds is 9. The molecule has 2 rings (SSSR count). The van der Waals surface area contributed by atoms with E-state index < -0.39 is 0 Å². The summed E-state index contributed by atoms with van der Waals surface area (Å²) in [5.74, 6) is 1.10. The van der Waals surface area contributed by atoms with Gasteiger partial charge in [-0.25, -0.2) is 4.98 Å². The quantitative estimate of drug-likeness (QED) is 0.695. The minimum Gasteiger partial charge on any atom is -0.383 e. The summed E-state index contributed by atoms with van der Waals surface area (Å²) >= 11 is 0. The molecule has 0 atom stereocenters. The van der Waals surface area contributed by atoms with Crippen molar-refractivity contribution in [3.05, 3.63) is 12.2 Å². The molecular weight excluding hydrogens is 268 g/mol.